The van der Waals surface area contributed by atoms with E-state index >= 15 is 0 Å². The predicted molar refractivity (Wildman–Crippen MR) is 76.8 cm³/mol. The number of hydrogen-bond acceptors (Lipinski definition) is 4. The molecule has 0 radical (unpaired) electrons. The number of hydrogen-bond donors (Lipinski definition) is 2. The van der Waals surface area contributed by atoms with E-state index in [0.717, 1.165) is 16.7 Å². The van der Waals surface area contributed by atoms with Gasteiger partial charge in [0.25, 0.3) is 0 Å². The summed E-state index contributed by atoms with van der Waals surface area (Å²) in [4.78, 5) is 1.27. The molecule has 3 nitrogen and oxygen atoms in total. The molecule has 0 bridgehead atoms. The summed E-state index contributed by atoms with van der Waals surface area (Å²) in [6, 6.07) is 7.79. The molecule has 0 aliphatic rings. The van der Waals surface area contributed by atoms with Gasteiger partial charge in [-0.15, -0.1) is 11.3 Å². The zero-order valence-electron chi connectivity index (χ0n) is 9.37. The summed E-state index contributed by atoms with van der Waals surface area (Å²) in [7, 11) is 1.62. The summed E-state index contributed by atoms with van der Waals surface area (Å²) in [5.41, 5.74) is 7.40. The second kappa shape index (κ2) is 5.42. The third kappa shape index (κ3) is 3.14. The van der Waals surface area contributed by atoms with Crippen molar-refractivity contribution < 1.29 is 4.74 Å². The fourth-order valence-electron chi connectivity index (χ4n) is 1.46. The fourth-order valence-corrected chi connectivity index (χ4v) is 2.85. The SMILES string of the molecule is COc1cc(NCc2cc(Br)cs2)ccc1N. The van der Waals surface area contributed by atoms with Gasteiger partial charge in [-0.3, -0.25) is 0 Å². The highest BCUT2D eigenvalue weighted by Gasteiger charge is 2.02. The molecule has 0 aliphatic heterocycles. The Morgan fingerprint density at radius 3 is 2.88 bits per heavy atom. The normalized spacial score (nSPS) is 10.2. The van der Waals surface area contributed by atoms with Crippen molar-refractivity contribution in [3.05, 3.63) is 39.0 Å². The van der Waals surface area contributed by atoms with E-state index in [1.165, 1.54) is 4.88 Å². The van der Waals surface area contributed by atoms with Gasteiger partial charge in [-0.05, 0) is 34.1 Å². The van der Waals surface area contributed by atoms with Crippen LogP contribution in [-0.2, 0) is 6.54 Å². The zero-order valence-corrected chi connectivity index (χ0v) is 11.8. The summed E-state index contributed by atoms with van der Waals surface area (Å²) in [6.45, 7) is 0.795. The van der Waals surface area contributed by atoms with Crippen LogP contribution < -0.4 is 15.8 Å². The first-order valence-corrected chi connectivity index (χ1v) is 6.76. The number of nitrogen functional groups attached to an aromatic ring is 1. The number of ether oxygens (including phenoxy) is 1. The molecule has 1 aromatic carbocycles. The van der Waals surface area contributed by atoms with Crippen LogP contribution in [0.1, 0.15) is 4.88 Å². The molecule has 3 N–H and O–H groups in total. The van der Waals surface area contributed by atoms with Crippen molar-refractivity contribution in [3.63, 3.8) is 0 Å². The van der Waals surface area contributed by atoms with Crippen molar-refractivity contribution in [2.45, 2.75) is 6.54 Å². The standard InChI is InChI=1S/C12H13BrN2OS/c1-16-12-5-9(2-3-11(12)14)15-6-10-4-8(13)7-17-10/h2-5,7,15H,6,14H2,1H3. The molecule has 2 rings (SSSR count). The van der Waals surface area contributed by atoms with Gasteiger partial charge in [0, 0.05) is 33.0 Å². The first kappa shape index (κ1) is 12.3. The van der Waals surface area contributed by atoms with Crippen LogP contribution in [0.25, 0.3) is 0 Å². The molecule has 0 amide bonds. The second-order valence-corrected chi connectivity index (χ2v) is 5.45. The van der Waals surface area contributed by atoms with Crippen molar-refractivity contribution in [2.75, 3.05) is 18.2 Å². The van der Waals surface area contributed by atoms with Gasteiger partial charge in [0.2, 0.25) is 0 Å². The molecule has 17 heavy (non-hydrogen) atoms. The highest BCUT2D eigenvalue weighted by Crippen LogP contribution is 2.26. The molecule has 0 unspecified atom stereocenters. The number of nitrogens with one attached hydrogen (secondary N) is 1. The van der Waals surface area contributed by atoms with Gasteiger partial charge in [0.05, 0.1) is 12.8 Å². The lowest BCUT2D eigenvalue weighted by Gasteiger charge is -2.09. The molecule has 0 aliphatic carbocycles. The molecule has 1 aromatic heterocycles. The van der Waals surface area contributed by atoms with Crippen molar-refractivity contribution in [2.24, 2.45) is 0 Å². The van der Waals surface area contributed by atoms with Crippen LogP contribution in [0.2, 0.25) is 0 Å². The number of halogens is 1. The smallest absolute Gasteiger partial charge is 0.143 e. The third-order valence-electron chi connectivity index (χ3n) is 2.32. The van der Waals surface area contributed by atoms with Crippen molar-refractivity contribution in [1.82, 2.24) is 0 Å². The molecule has 5 heteroatoms. The molecular weight excluding hydrogens is 300 g/mol. The Kier molecular flexibility index (Phi) is 3.91. The lowest BCUT2D eigenvalue weighted by Crippen LogP contribution is -1.99. The van der Waals surface area contributed by atoms with E-state index < -0.39 is 0 Å². The third-order valence-corrected chi connectivity index (χ3v) is 4.02. The lowest BCUT2D eigenvalue weighted by atomic mass is 10.2. The number of rotatable bonds is 4. The molecule has 0 atom stereocenters. The Labute approximate surface area is 113 Å². The number of methoxy groups -OCH3 is 1. The van der Waals surface area contributed by atoms with E-state index in [-0.39, 0.29) is 0 Å². The van der Waals surface area contributed by atoms with Crippen LogP contribution >= 0.6 is 27.3 Å². The quantitative estimate of drug-likeness (QED) is 0.846. The van der Waals surface area contributed by atoms with Crippen LogP contribution in [0.15, 0.2) is 34.1 Å². The molecule has 0 spiro atoms. The van der Waals surface area contributed by atoms with E-state index in [9.17, 15) is 0 Å². The van der Waals surface area contributed by atoms with Crippen LogP contribution in [0, 0.1) is 0 Å². The van der Waals surface area contributed by atoms with Crippen molar-refractivity contribution in [3.8, 4) is 5.75 Å². The minimum Gasteiger partial charge on any atom is -0.495 e. The topological polar surface area (TPSA) is 47.3 Å². The lowest BCUT2D eigenvalue weighted by molar-refractivity contribution is 0.417. The maximum absolute atomic E-state index is 5.75. The average molecular weight is 313 g/mol. The van der Waals surface area contributed by atoms with Gasteiger partial charge in [0.15, 0.2) is 0 Å². The monoisotopic (exact) mass is 312 g/mol. The molecular formula is C12H13BrN2OS. The molecule has 0 saturated carbocycles. The van der Waals surface area contributed by atoms with Gasteiger partial charge >= 0.3 is 0 Å². The van der Waals surface area contributed by atoms with Gasteiger partial charge in [-0.25, -0.2) is 0 Å². The molecule has 0 saturated heterocycles. The van der Waals surface area contributed by atoms with Crippen LogP contribution in [-0.4, -0.2) is 7.11 Å². The van der Waals surface area contributed by atoms with E-state index in [0.29, 0.717) is 11.4 Å². The maximum atomic E-state index is 5.75. The Balaban J connectivity index is 2.04. The minimum atomic E-state index is 0.650. The van der Waals surface area contributed by atoms with Gasteiger partial charge < -0.3 is 15.8 Å². The first-order valence-electron chi connectivity index (χ1n) is 5.09. The second-order valence-electron chi connectivity index (χ2n) is 3.54. The summed E-state index contributed by atoms with van der Waals surface area (Å²) in [5.74, 6) is 0.697. The molecule has 1 heterocycles. The molecule has 0 fully saturated rings. The first-order chi connectivity index (χ1) is 8.19. The number of thiophene rings is 1. The maximum Gasteiger partial charge on any atom is 0.143 e. The van der Waals surface area contributed by atoms with E-state index in [4.69, 9.17) is 10.5 Å². The van der Waals surface area contributed by atoms with E-state index in [1.54, 1.807) is 18.4 Å². The van der Waals surface area contributed by atoms with Crippen LogP contribution in [0.5, 0.6) is 5.75 Å². The summed E-state index contributed by atoms with van der Waals surface area (Å²) >= 11 is 5.15. The molecule has 90 valence electrons. The largest absolute Gasteiger partial charge is 0.495 e. The zero-order chi connectivity index (χ0) is 12.3. The Bertz CT molecular complexity index is 513. The van der Waals surface area contributed by atoms with Crippen molar-refractivity contribution >= 4 is 38.6 Å². The number of nitrogens with two attached hydrogens (primary N) is 1. The average Bonchev–Trinajstić information content (AvgIpc) is 2.74. The Hall–Kier alpha value is -1.20. The van der Waals surface area contributed by atoms with E-state index in [1.807, 2.05) is 18.2 Å². The molecule has 2 aromatic rings. The summed E-state index contributed by atoms with van der Waals surface area (Å²) < 4.78 is 6.29. The minimum absolute atomic E-state index is 0.650. The highest BCUT2D eigenvalue weighted by atomic mass is 79.9. The van der Waals surface area contributed by atoms with Crippen LogP contribution in [0.3, 0.4) is 0 Å². The number of benzene rings is 1. The highest BCUT2D eigenvalue weighted by molar-refractivity contribution is 9.10. The Morgan fingerprint density at radius 1 is 1.41 bits per heavy atom. The van der Waals surface area contributed by atoms with Gasteiger partial charge in [-0.2, -0.15) is 0 Å². The van der Waals surface area contributed by atoms with Gasteiger partial charge in [0.1, 0.15) is 5.75 Å². The van der Waals surface area contributed by atoms with Crippen molar-refractivity contribution in [1.29, 1.82) is 0 Å². The number of anilines is 2. The van der Waals surface area contributed by atoms with E-state index in [2.05, 4.69) is 32.7 Å². The Morgan fingerprint density at radius 2 is 2.24 bits per heavy atom. The van der Waals surface area contributed by atoms with Crippen LogP contribution in [0.4, 0.5) is 11.4 Å². The van der Waals surface area contributed by atoms with Gasteiger partial charge in [-0.1, -0.05) is 0 Å². The summed E-state index contributed by atoms with van der Waals surface area (Å²) in [5, 5.41) is 5.40. The fraction of sp³-hybridized carbons (Fsp3) is 0.167. The predicted octanol–water partition coefficient (Wildman–Crippen LogP) is 3.71. The summed E-state index contributed by atoms with van der Waals surface area (Å²) in [6.07, 6.45) is 0.